The molecule has 0 unspecified atom stereocenters. The summed E-state index contributed by atoms with van der Waals surface area (Å²) in [6.07, 6.45) is 4.84. The molecule has 0 spiro atoms. The molecular weight excluding hydrogens is 525 g/mol. The van der Waals surface area contributed by atoms with E-state index >= 15 is 4.39 Å². The van der Waals surface area contributed by atoms with Gasteiger partial charge in [0, 0.05) is 55.9 Å². The number of benzene rings is 2. The van der Waals surface area contributed by atoms with Crippen LogP contribution in [0.5, 0.6) is 0 Å². The van der Waals surface area contributed by atoms with Crippen LogP contribution in [-0.2, 0) is 0 Å². The molecule has 1 amide bonds. The Bertz CT molecular complexity index is 2040. The Morgan fingerprint density at radius 2 is 1.88 bits per heavy atom. The van der Waals surface area contributed by atoms with Gasteiger partial charge in [0.15, 0.2) is 11.5 Å². The number of carbonyl (C=O) groups is 1. The zero-order valence-corrected chi connectivity index (χ0v) is 21.9. The van der Waals surface area contributed by atoms with Crippen LogP contribution in [0.4, 0.5) is 10.1 Å². The van der Waals surface area contributed by atoms with Crippen LogP contribution in [0.15, 0.2) is 85.3 Å². The molecule has 0 saturated carbocycles. The third-order valence-electron chi connectivity index (χ3n) is 6.61. The molecule has 3 N–H and O–H groups in total. The van der Waals surface area contributed by atoms with E-state index in [0.29, 0.717) is 50.4 Å². The predicted molar refractivity (Wildman–Crippen MR) is 155 cm³/mol. The number of aryl methyl sites for hydroxylation is 1. The Morgan fingerprint density at radius 1 is 1.00 bits per heavy atom. The van der Waals surface area contributed by atoms with Gasteiger partial charge in [0.1, 0.15) is 17.0 Å². The summed E-state index contributed by atoms with van der Waals surface area (Å²) in [5, 5.41) is 10.9. The molecule has 0 fully saturated rings. The first-order valence-electron chi connectivity index (χ1n) is 12.4. The number of nitrogens with zero attached hydrogens (tertiary/aromatic N) is 4. The van der Waals surface area contributed by atoms with Crippen molar-refractivity contribution in [3.05, 3.63) is 102 Å². The number of aromatic amines is 2. The number of nitrogens with one attached hydrogen (secondary N) is 3. The molecule has 7 rings (SSSR count). The minimum Gasteiger partial charge on any atom is -0.321 e. The molecule has 5 aromatic heterocycles. The molecule has 2 aromatic carbocycles. The van der Waals surface area contributed by atoms with Crippen molar-refractivity contribution >= 4 is 45.0 Å². The number of pyridine rings is 2. The number of halogens is 1. The molecule has 7 aromatic rings. The number of imidazole rings is 1. The highest BCUT2D eigenvalue weighted by atomic mass is 32.1. The fourth-order valence-corrected chi connectivity index (χ4v) is 5.58. The van der Waals surface area contributed by atoms with Crippen LogP contribution in [0.2, 0.25) is 0 Å². The Labute approximate surface area is 231 Å². The van der Waals surface area contributed by atoms with Gasteiger partial charge in [-0.2, -0.15) is 5.10 Å². The number of anilines is 1. The standard InChI is InChI=1S/C30H20FN7OS/c1-16-7-8-25(40-16)20-9-10-33-28-26(20)35-29(36-28)27-22-12-21(23(31)13-24(22)37-38-27)18-11-19(15-32-14-18)34-30(39)17-5-3-2-4-6-17/h2-15H,1H3,(H,34,39)(H,37,38)(H,33,35,36). The number of thiophene rings is 1. The molecule has 0 aliphatic rings. The smallest absolute Gasteiger partial charge is 0.255 e. The van der Waals surface area contributed by atoms with E-state index in [-0.39, 0.29) is 5.91 Å². The molecule has 0 radical (unpaired) electrons. The van der Waals surface area contributed by atoms with Gasteiger partial charge >= 0.3 is 0 Å². The second-order valence-electron chi connectivity index (χ2n) is 9.28. The molecule has 0 aliphatic heterocycles. The second-order valence-corrected chi connectivity index (χ2v) is 10.6. The molecule has 0 aliphatic carbocycles. The molecule has 8 nitrogen and oxygen atoms in total. The third-order valence-corrected chi connectivity index (χ3v) is 7.64. The summed E-state index contributed by atoms with van der Waals surface area (Å²) in [7, 11) is 0. The molecule has 0 atom stereocenters. The molecular formula is C30H20FN7OS. The van der Waals surface area contributed by atoms with Crippen molar-refractivity contribution in [3.8, 4) is 33.1 Å². The number of aromatic nitrogens is 6. The zero-order chi connectivity index (χ0) is 27.2. The van der Waals surface area contributed by atoms with Gasteiger partial charge in [-0.25, -0.2) is 14.4 Å². The largest absolute Gasteiger partial charge is 0.321 e. The average Bonchev–Trinajstić information content (AvgIpc) is 3.70. The lowest BCUT2D eigenvalue weighted by Crippen LogP contribution is -2.11. The van der Waals surface area contributed by atoms with Gasteiger partial charge in [0.25, 0.3) is 5.91 Å². The molecule has 0 saturated heterocycles. The van der Waals surface area contributed by atoms with E-state index < -0.39 is 5.82 Å². The maximum Gasteiger partial charge on any atom is 0.255 e. The fourth-order valence-electron chi connectivity index (χ4n) is 4.69. The van der Waals surface area contributed by atoms with Crippen molar-refractivity contribution in [1.29, 1.82) is 0 Å². The van der Waals surface area contributed by atoms with Crippen LogP contribution >= 0.6 is 11.3 Å². The summed E-state index contributed by atoms with van der Waals surface area (Å²) in [6, 6.07) is 19.8. The summed E-state index contributed by atoms with van der Waals surface area (Å²) in [5.41, 5.74) is 5.25. The van der Waals surface area contributed by atoms with Gasteiger partial charge in [-0.1, -0.05) is 18.2 Å². The zero-order valence-electron chi connectivity index (χ0n) is 21.1. The van der Waals surface area contributed by atoms with E-state index in [9.17, 15) is 4.79 Å². The Balaban J connectivity index is 1.28. The number of fused-ring (bicyclic) bond motifs is 2. The van der Waals surface area contributed by atoms with Crippen LogP contribution in [0.1, 0.15) is 15.2 Å². The third kappa shape index (κ3) is 4.20. The van der Waals surface area contributed by atoms with Crippen LogP contribution in [0.25, 0.3) is 55.2 Å². The van der Waals surface area contributed by atoms with Crippen molar-refractivity contribution < 1.29 is 9.18 Å². The normalized spacial score (nSPS) is 11.3. The van der Waals surface area contributed by atoms with Crippen molar-refractivity contribution in [2.24, 2.45) is 0 Å². The highest BCUT2D eigenvalue weighted by Gasteiger charge is 2.19. The number of carbonyl (C=O) groups excluding carboxylic acids is 1. The van der Waals surface area contributed by atoms with Crippen LogP contribution in [0.3, 0.4) is 0 Å². The quantitative estimate of drug-likeness (QED) is 0.216. The predicted octanol–water partition coefficient (Wildman–Crippen LogP) is 6.99. The summed E-state index contributed by atoms with van der Waals surface area (Å²) in [6.45, 7) is 2.07. The number of amides is 1. The average molecular weight is 546 g/mol. The van der Waals surface area contributed by atoms with E-state index in [2.05, 4.69) is 49.5 Å². The minimum absolute atomic E-state index is 0.275. The Hall–Kier alpha value is -5.22. The van der Waals surface area contributed by atoms with Crippen LogP contribution in [0, 0.1) is 12.7 Å². The van der Waals surface area contributed by atoms with Crippen molar-refractivity contribution in [3.63, 3.8) is 0 Å². The maximum atomic E-state index is 15.3. The first-order valence-corrected chi connectivity index (χ1v) is 13.3. The highest BCUT2D eigenvalue weighted by molar-refractivity contribution is 7.15. The fraction of sp³-hybridized carbons (Fsp3) is 0.0333. The summed E-state index contributed by atoms with van der Waals surface area (Å²) in [5.74, 6) is -0.199. The maximum absolute atomic E-state index is 15.3. The van der Waals surface area contributed by atoms with Gasteiger partial charge in [0.05, 0.1) is 17.4 Å². The highest BCUT2D eigenvalue weighted by Crippen LogP contribution is 2.35. The number of H-pyrrole nitrogens is 2. The molecule has 194 valence electrons. The first-order chi connectivity index (χ1) is 19.5. The first kappa shape index (κ1) is 23.9. The van der Waals surface area contributed by atoms with Crippen LogP contribution < -0.4 is 5.32 Å². The van der Waals surface area contributed by atoms with Crippen molar-refractivity contribution in [2.75, 3.05) is 5.32 Å². The van der Waals surface area contributed by atoms with Gasteiger partial charge in [-0.05, 0) is 49.4 Å². The monoisotopic (exact) mass is 545 g/mol. The van der Waals surface area contributed by atoms with Crippen LogP contribution in [-0.4, -0.2) is 36.0 Å². The van der Waals surface area contributed by atoms with Gasteiger partial charge in [0.2, 0.25) is 0 Å². The van der Waals surface area contributed by atoms with Gasteiger partial charge < -0.3 is 10.3 Å². The Morgan fingerprint density at radius 3 is 2.70 bits per heavy atom. The summed E-state index contributed by atoms with van der Waals surface area (Å²) in [4.78, 5) is 31.8. The van der Waals surface area contributed by atoms with Gasteiger partial charge in [-0.15, -0.1) is 11.3 Å². The molecule has 5 heterocycles. The lowest BCUT2D eigenvalue weighted by Gasteiger charge is -2.08. The SMILES string of the molecule is Cc1ccc(-c2ccnc3[nH]c(-c4n[nH]c5cc(F)c(-c6cncc(NC(=O)c7ccccc7)c6)cc45)nc23)s1. The number of rotatable bonds is 5. The molecule has 40 heavy (non-hydrogen) atoms. The summed E-state index contributed by atoms with van der Waals surface area (Å²) < 4.78 is 15.3. The van der Waals surface area contributed by atoms with Crippen molar-refractivity contribution in [2.45, 2.75) is 6.92 Å². The number of hydrogen-bond donors (Lipinski definition) is 3. The van der Waals surface area contributed by atoms with E-state index in [0.717, 1.165) is 16.0 Å². The van der Waals surface area contributed by atoms with E-state index in [1.54, 1.807) is 60.1 Å². The molecule has 10 heteroatoms. The lowest BCUT2D eigenvalue weighted by molar-refractivity contribution is 0.102. The van der Waals surface area contributed by atoms with Crippen molar-refractivity contribution in [1.82, 2.24) is 30.1 Å². The lowest BCUT2D eigenvalue weighted by atomic mass is 10.0. The van der Waals surface area contributed by atoms with E-state index in [4.69, 9.17) is 4.98 Å². The topological polar surface area (TPSA) is 112 Å². The van der Waals surface area contributed by atoms with E-state index in [1.807, 2.05) is 12.1 Å². The van der Waals surface area contributed by atoms with Gasteiger partial charge in [-0.3, -0.25) is 14.9 Å². The second kappa shape index (κ2) is 9.51. The summed E-state index contributed by atoms with van der Waals surface area (Å²) >= 11 is 1.69. The Kier molecular flexibility index (Phi) is 5.67. The minimum atomic E-state index is -0.447. The van der Waals surface area contributed by atoms with E-state index in [1.165, 1.54) is 17.1 Å². The number of hydrogen-bond acceptors (Lipinski definition) is 6. The molecule has 0 bridgehead atoms.